The maximum Gasteiger partial charge on any atom is 0.231 e. The normalized spacial score (nSPS) is 24.8. The van der Waals surface area contributed by atoms with Crippen LogP contribution in [0.2, 0.25) is 5.02 Å². The second kappa shape index (κ2) is 9.25. The molecule has 1 amide bonds. The van der Waals surface area contributed by atoms with Crippen molar-refractivity contribution in [2.75, 3.05) is 13.1 Å². The highest BCUT2D eigenvalue weighted by Crippen LogP contribution is 2.31. The Labute approximate surface area is 176 Å². The molecular formula is C20H26Cl2N4O2. The summed E-state index contributed by atoms with van der Waals surface area (Å²) in [5.74, 6) is 1.79. The summed E-state index contributed by atoms with van der Waals surface area (Å²) in [6.45, 7) is 1.44. The predicted octanol–water partition coefficient (Wildman–Crippen LogP) is 4.04. The van der Waals surface area contributed by atoms with Crippen LogP contribution in [0.25, 0.3) is 11.4 Å². The number of hydrogen-bond acceptors (Lipinski definition) is 5. The number of carbonyl (C=O) groups excluding carboxylic acids is 1. The topological polar surface area (TPSA) is 85.3 Å². The van der Waals surface area contributed by atoms with E-state index in [1.807, 2.05) is 29.2 Å². The molecule has 3 atom stereocenters. The number of nitrogens with zero attached hydrogens (tertiary/aromatic N) is 3. The minimum atomic E-state index is 0. The van der Waals surface area contributed by atoms with Crippen molar-refractivity contribution < 1.29 is 9.32 Å². The lowest BCUT2D eigenvalue weighted by molar-refractivity contribution is -0.133. The summed E-state index contributed by atoms with van der Waals surface area (Å²) in [5.41, 5.74) is 7.00. The SMILES string of the molecule is Cl.N[C@@H]1CCC[C@H]1CC(=O)N1CCCC(c2nc(-c3ccc(Cl)cc3)no2)C1. The van der Waals surface area contributed by atoms with Crippen LogP contribution in [0.5, 0.6) is 0 Å². The summed E-state index contributed by atoms with van der Waals surface area (Å²) in [6.07, 6.45) is 5.71. The Kier molecular flexibility index (Phi) is 6.96. The van der Waals surface area contributed by atoms with E-state index in [1.54, 1.807) is 0 Å². The number of carbonyl (C=O) groups is 1. The third kappa shape index (κ3) is 4.67. The standard InChI is InChI=1S/C20H25ClN4O2.ClH/c21-16-8-6-13(7-9-16)19-23-20(27-24-19)15-4-2-10-25(12-15)18(26)11-14-3-1-5-17(14)22;/h6-9,14-15,17H,1-5,10-12,22H2;1H/t14-,15?,17+;/m0./s1. The molecular weight excluding hydrogens is 399 g/mol. The van der Waals surface area contributed by atoms with Crippen LogP contribution in [-0.2, 0) is 4.79 Å². The van der Waals surface area contributed by atoms with Gasteiger partial charge in [-0.05, 0) is 55.9 Å². The van der Waals surface area contributed by atoms with Gasteiger partial charge in [-0.1, -0.05) is 23.2 Å². The van der Waals surface area contributed by atoms with Crippen LogP contribution in [0.4, 0.5) is 0 Å². The summed E-state index contributed by atoms with van der Waals surface area (Å²) in [6, 6.07) is 7.53. The highest BCUT2D eigenvalue weighted by atomic mass is 35.5. The second-order valence-electron chi connectivity index (χ2n) is 7.70. The first kappa shape index (κ1) is 21.1. The van der Waals surface area contributed by atoms with Crippen molar-refractivity contribution in [3.05, 3.63) is 35.2 Å². The first-order chi connectivity index (χ1) is 13.1. The highest BCUT2D eigenvalue weighted by molar-refractivity contribution is 6.30. The fraction of sp³-hybridized carbons (Fsp3) is 0.550. The molecule has 2 N–H and O–H groups in total. The van der Waals surface area contributed by atoms with E-state index in [2.05, 4.69) is 10.1 Å². The Balaban J connectivity index is 0.00000225. The van der Waals surface area contributed by atoms with E-state index in [4.69, 9.17) is 21.9 Å². The van der Waals surface area contributed by atoms with Crippen LogP contribution in [0, 0.1) is 5.92 Å². The van der Waals surface area contributed by atoms with Crippen molar-refractivity contribution in [2.24, 2.45) is 11.7 Å². The number of rotatable bonds is 4. The van der Waals surface area contributed by atoms with Crippen molar-refractivity contribution >= 4 is 29.9 Å². The Morgan fingerprint density at radius 2 is 2.00 bits per heavy atom. The Bertz CT molecular complexity index is 796. The molecule has 6 nitrogen and oxygen atoms in total. The van der Waals surface area contributed by atoms with Gasteiger partial charge in [-0.2, -0.15) is 4.98 Å². The summed E-state index contributed by atoms with van der Waals surface area (Å²) in [4.78, 5) is 19.2. The lowest BCUT2D eigenvalue weighted by Crippen LogP contribution is -2.41. The molecule has 2 heterocycles. The van der Waals surface area contributed by atoms with Gasteiger partial charge in [0.05, 0.1) is 5.92 Å². The molecule has 4 rings (SSSR count). The second-order valence-corrected chi connectivity index (χ2v) is 8.14. The number of likely N-dealkylation sites (tertiary alicyclic amines) is 1. The number of aromatic nitrogens is 2. The number of halogens is 2. The summed E-state index contributed by atoms with van der Waals surface area (Å²) < 4.78 is 5.52. The van der Waals surface area contributed by atoms with Gasteiger partial charge < -0.3 is 15.2 Å². The van der Waals surface area contributed by atoms with Gasteiger partial charge in [0.1, 0.15) is 0 Å². The predicted molar refractivity (Wildman–Crippen MR) is 110 cm³/mol. The van der Waals surface area contributed by atoms with Crippen LogP contribution < -0.4 is 5.73 Å². The molecule has 8 heteroatoms. The zero-order valence-corrected chi connectivity index (χ0v) is 17.3. The van der Waals surface area contributed by atoms with E-state index in [-0.39, 0.29) is 30.3 Å². The molecule has 152 valence electrons. The molecule has 1 saturated heterocycles. The summed E-state index contributed by atoms with van der Waals surface area (Å²) in [7, 11) is 0. The van der Waals surface area contributed by atoms with Gasteiger partial charge in [0, 0.05) is 36.1 Å². The number of piperidine rings is 1. The molecule has 0 spiro atoms. The number of hydrogen-bond donors (Lipinski definition) is 1. The molecule has 2 aliphatic rings. The number of amides is 1. The number of nitrogens with two attached hydrogens (primary N) is 1. The van der Waals surface area contributed by atoms with Crippen molar-refractivity contribution in [1.29, 1.82) is 0 Å². The maximum atomic E-state index is 12.7. The van der Waals surface area contributed by atoms with Gasteiger partial charge in [-0.3, -0.25) is 4.79 Å². The van der Waals surface area contributed by atoms with E-state index in [0.29, 0.717) is 35.6 Å². The zero-order valence-electron chi connectivity index (χ0n) is 15.7. The first-order valence-electron chi connectivity index (χ1n) is 9.73. The molecule has 0 bridgehead atoms. The van der Waals surface area contributed by atoms with Crippen LogP contribution >= 0.6 is 24.0 Å². The Morgan fingerprint density at radius 1 is 1.21 bits per heavy atom. The third-order valence-corrected chi connectivity index (χ3v) is 6.07. The molecule has 2 aromatic rings. The first-order valence-corrected chi connectivity index (χ1v) is 10.1. The Morgan fingerprint density at radius 3 is 2.71 bits per heavy atom. The fourth-order valence-electron chi connectivity index (χ4n) is 4.19. The Hall–Kier alpha value is -1.63. The van der Waals surface area contributed by atoms with E-state index in [1.165, 1.54) is 0 Å². The zero-order chi connectivity index (χ0) is 18.8. The van der Waals surface area contributed by atoms with Gasteiger partial charge in [-0.15, -0.1) is 12.4 Å². The van der Waals surface area contributed by atoms with Crippen molar-refractivity contribution in [3.63, 3.8) is 0 Å². The average molecular weight is 425 g/mol. The van der Waals surface area contributed by atoms with Crippen molar-refractivity contribution in [2.45, 2.75) is 50.5 Å². The van der Waals surface area contributed by atoms with E-state index in [0.717, 1.165) is 44.2 Å². The monoisotopic (exact) mass is 424 g/mol. The lowest BCUT2D eigenvalue weighted by Gasteiger charge is -2.32. The number of benzene rings is 1. The highest BCUT2D eigenvalue weighted by Gasteiger charge is 2.32. The van der Waals surface area contributed by atoms with Crippen LogP contribution in [0.1, 0.15) is 50.3 Å². The smallest absolute Gasteiger partial charge is 0.231 e. The van der Waals surface area contributed by atoms with Crippen LogP contribution in [0.3, 0.4) is 0 Å². The van der Waals surface area contributed by atoms with Gasteiger partial charge in [0.25, 0.3) is 0 Å². The minimum Gasteiger partial charge on any atom is -0.342 e. The molecule has 2 fully saturated rings. The minimum absolute atomic E-state index is 0. The summed E-state index contributed by atoms with van der Waals surface area (Å²) >= 11 is 5.93. The van der Waals surface area contributed by atoms with E-state index in [9.17, 15) is 4.79 Å². The summed E-state index contributed by atoms with van der Waals surface area (Å²) in [5, 5.41) is 4.78. The quantitative estimate of drug-likeness (QED) is 0.799. The van der Waals surface area contributed by atoms with Crippen molar-refractivity contribution in [3.8, 4) is 11.4 Å². The van der Waals surface area contributed by atoms with Gasteiger partial charge in [-0.25, -0.2) is 0 Å². The van der Waals surface area contributed by atoms with Crippen molar-refractivity contribution in [1.82, 2.24) is 15.0 Å². The van der Waals surface area contributed by atoms with Gasteiger partial charge in [0.2, 0.25) is 17.6 Å². The maximum absolute atomic E-state index is 12.7. The molecule has 0 radical (unpaired) electrons. The van der Waals surface area contributed by atoms with Crippen LogP contribution in [-0.4, -0.2) is 40.1 Å². The molecule has 1 aliphatic carbocycles. The molecule has 1 aliphatic heterocycles. The molecule has 28 heavy (non-hydrogen) atoms. The molecule has 1 aromatic carbocycles. The fourth-order valence-corrected chi connectivity index (χ4v) is 4.32. The van der Waals surface area contributed by atoms with Gasteiger partial charge >= 0.3 is 0 Å². The molecule has 1 unspecified atom stereocenters. The largest absolute Gasteiger partial charge is 0.342 e. The molecule has 1 saturated carbocycles. The van der Waals surface area contributed by atoms with Gasteiger partial charge in [0.15, 0.2) is 0 Å². The van der Waals surface area contributed by atoms with E-state index >= 15 is 0 Å². The average Bonchev–Trinajstić information content (AvgIpc) is 3.32. The third-order valence-electron chi connectivity index (χ3n) is 5.82. The van der Waals surface area contributed by atoms with E-state index < -0.39 is 0 Å². The lowest BCUT2D eigenvalue weighted by atomic mass is 9.95. The molecule has 1 aromatic heterocycles. The van der Waals surface area contributed by atoms with Crippen LogP contribution in [0.15, 0.2) is 28.8 Å².